The fourth-order valence-electron chi connectivity index (χ4n) is 6.22. The van der Waals surface area contributed by atoms with Gasteiger partial charge in [-0.25, -0.2) is 0 Å². The smallest absolute Gasteiger partial charge is 0.0997 e. The zero-order chi connectivity index (χ0) is 36.3. The lowest BCUT2D eigenvalue weighted by molar-refractivity contribution is 0.556. The van der Waals surface area contributed by atoms with Crippen LogP contribution in [0.3, 0.4) is 0 Å². The number of benzene rings is 2. The summed E-state index contributed by atoms with van der Waals surface area (Å²) in [5, 5.41) is 9.38. The molecule has 0 saturated heterocycles. The molecule has 254 valence electrons. The van der Waals surface area contributed by atoms with Gasteiger partial charge in [0.15, 0.2) is 0 Å². The number of pyridine rings is 1. The highest BCUT2D eigenvalue weighted by atomic mass is 14.6. The highest BCUT2D eigenvalue weighted by Crippen LogP contribution is 2.35. The van der Waals surface area contributed by atoms with E-state index in [1.54, 1.807) is 0 Å². The molecule has 46 heavy (non-hydrogen) atoms. The zero-order valence-corrected chi connectivity index (χ0v) is 33.5. The minimum atomic E-state index is 0.0202. The van der Waals surface area contributed by atoms with E-state index in [1.165, 1.54) is 33.4 Å². The molecule has 3 aromatic rings. The Morgan fingerprint density at radius 3 is 0.891 bits per heavy atom. The maximum Gasteiger partial charge on any atom is 0.0997 e. The van der Waals surface area contributed by atoms with Gasteiger partial charge in [-0.3, -0.25) is 4.98 Å². The molecule has 0 aliphatic carbocycles. The van der Waals surface area contributed by atoms with E-state index in [9.17, 15) is 5.26 Å². The van der Waals surface area contributed by atoms with Gasteiger partial charge in [0.2, 0.25) is 0 Å². The number of hydrogen-bond acceptors (Lipinski definition) is 2. The molecule has 0 spiro atoms. The molecule has 2 nitrogen and oxygen atoms in total. The fraction of sp³-hybridized carbons (Fsp3) is 0.591. The van der Waals surface area contributed by atoms with E-state index in [-0.39, 0.29) is 32.5 Å². The molecular formula is C44H68N2. The lowest BCUT2D eigenvalue weighted by Gasteiger charge is -2.28. The lowest BCUT2D eigenvalue weighted by atomic mass is 9.77. The predicted molar refractivity (Wildman–Crippen MR) is 204 cm³/mol. The van der Waals surface area contributed by atoms with Crippen molar-refractivity contribution in [2.45, 2.75) is 171 Å². The largest absolute Gasteiger partial charge is 0.264 e. The summed E-state index contributed by atoms with van der Waals surface area (Å²) in [5.41, 5.74) is 12.5. The third kappa shape index (κ3) is 11.1. The Morgan fingerprint density at radius 1 is 0.413 bits per heavy atom. The molecular weight excluding hydrogens is 556 g/mol. The number of nitriles is 1. The van der Waals surface area contributed by atoms with Gasteiger partial charge in [-0.1, -0.05) is 161 Å². The molecule has 2 aromatic carbocycles. The van der Waals surface area contributed by atoms with Gasteiger partial charge in [0, 0.05) is 12.4 Å². The molecule has 0 unspecified atom stereocenters. The summed E-state index contributed by atoms with van der Waals surface area (Å²) in [4.78, 5) is 4.38. The number of hydrogen-bond donors (Lipinski definition) is 0. The van der Waals surface area contributed by atoms with Gasteiger partial charge in [0.1, 0.15) is 0 Å². The molecule has 0 fully saturated rings. The third-order valence-corrected chi connectivity index (χ3v) is 8.57. The van der Waals surface area contributed by atoms with E-state index in [1.807, 2.05) is 12.4 Å². The quantitative estimate of drug-likeness (QED) is 0.249. The van der Waals surface area contributed by atoms with Crippen LogP contribution in [0.2, 0.25) is 0 Å². The van der Waals surface area contributed by atoms with Gasteiger partial charge >= 0.3 is 0 Å². The standard InChI is InChI=1S/C15H21N.C15H24.C14H23N/c1-14(2,3)12-8-7-9-13(11(12)10-16)15(4,5)6;1-11-12(14(2,3)4)9-8-10-13(11)15(5,6)7;1-10-11(13(2,3)4)8-15-9-12(10)14(5,6)7/h7-9H,1-6H3;8-10H,1-7H3;8-9H,1-7H3. The molecule has 0 N–H and O–H groups in total. The third-order valence-electron chi connectivity index (χ3n) is 8.57. The van der Waals surface area contributed by atoms with Crippen LogP contribution in [0, 0.1) is 25.2 Å². The average molecular weight is 625 g/mol. The molecule has 0 aliphatic heterocycles. The summed E-state index contributed by atoms with van der Waals surface area (Å²) in [6.45, 7) is 44.5. The number of nitrogens with zero attached hydrogens (tertiary/aromatic N) is 2. The van der Waals surface area contributed by atoms with Crippen LogP contribution in [-0.2, 0) is 32.5 Å². The normalized spacial score (nSPS) is 12.8. The summed E-state index contributed by atoms with van der Waals surface area (Å²) in [7, 11) is 0. The van der Waals surface area contributed by atoms with Crippen LogP contribution >= 0.6 is 0 Å². The van der Waals surface area contributed by atoms with E-state index in [4.69, 9.17) is 0 Å². The molecule has 1 aromatic heterocycles. The molecule has 1 heterocycles. The van der Waals surface area contributed by atoms with Gasteiger partial charge in [0.05, 0.1) is 11.6 Å². The summed E-state index contributed by atoms with van der Waals surface area (Å²) in [6.07, 6.45) is 4.01. The van der Waals surface area contributed by atoms with Gasteiger partial charge in [0.25, 0.3) is 0 Å². The first-order valence-electron chi connectivity index (χ1n) is 17.1. The average Bonchev–Trinajstić information content (AvgIpc) is 2.85. The van der Waals surface area contributed by atoms with E-state index >= 15 is 0 Å². The molecule has 0 atom stereocenters. The van der Waals surface area contributed by atoms with Crippen molar-refractivity contribution in [3.05, 3.63) is 98.9 Å². The molecule has 0 amide bonds. The second-order valence-electron chi connectivity index (χ2n) is 19.2. The fourth-order valence-corrected chi connectivity index (χ4v) is 6.22. The maximum absolute atomic E-state index is 9.38. The van der Waals surface area contributed by atoms with Crippen molar-refractivity contribution in [1.82, 2.24) is 4.98 Å². The van der Waals surface area contributed by atoms with E-state index in [0.29, 0.717) is 0 Å². The van der Waals surface area contributed by atoms with Crippen LogP contribution in [0.25, 0.3) is 0 Å². The molecule has 2 heteroatoms. The minimum absolute atomic E-state index is 0.0202. The van der Waals surface area contributed by atoms with E-state index in [0.717, 1.165) is 16.7 Å². The topological polar surface area (TPSA) is 36.7 Å². The summed E-state index contributed by atoms with van der Waals surface area (Å²) in [5.74, 6) is 0. The van der Waals surface area contributed by atoms with Crippen LogP contribution < -0.4 is 0 Å². The second kappa shape index (κ2) is 14.5. The molecule has 0 radical (unpaired) electrons. The molecule has 0 saturated carbocycles. The maximum atomic E-state index is 9.38. The van der Waals surface area contributed by atoms with Crippen LogP contribution in [-0.4, -0.2) is 4.98 Å². The molecule has 0 aliphatic rings. The molecule has 3 rings (SSSR count). The van der Waals surface area contributed by atoms with Crippen molar-refractivity contribution in [2.24, 2.45) is 0 Å². The first kappa shape index (κ1) is 41.1. The van der Waals surface area contributed by atoms with Gasteiger partial charge in [-0.05, 0) is 90.8 Å². The Labute approximate surface area is 285 Å². The Bertz CT molecular complexity index is 1320. The van der Waals surface area contributed by atoms with E-state index in [2.05, 4.69) is 186 Å². The van der Waals surface area contributed by atoms with Crippen molar-refractivity contribution < 1.29 is 0 Å². The van der Waals surface area contributed by atoms with E-state index < -0.39 is 0 Å². The Kier molecular flexibility index (Phi) is 12.9. The summed E-state index contributed by atoms with van der Waals surface area (Å²) >= 11 is 0. The monoisotopic (exact) mass is 625 g/mol. The highest BCUT2D eigenvalue weighted by molar-refractivity contribution is 5.50. The SMILES string of the molecule is CC(C)(C)c1cccc(C(C)(C)C)c1C#N.Cc1c(C(C)(C)C)cccc1C(C)(C)C.Cc1c(C(C)(C)C)cncc1C(C)(C)C. The van der Waals surface area contributed by atoms with Crippen LogP contribution in [0.4, 0.5) is 0 Å². The van der Waals surface area contributed by atoms with Crippen molar-refractivity contribution in [2.75, 3.05) is 0 Å². The predicted octanol–water partition coefficient (Wildman–Crippen LogP) is 12.7. The molecule has 0 bridgehead atoms. The van der Waals surface area contributed by atoms with Crippen molar-refractivity contribution in [1.29, 1.82) is 5.26 Å². The van der Waals surface area contributed by atoms with Crippen molar-refractivity contribution in [3.8, 4) is 6.07 Å². The Balaban J connectivity index is 0.000000345. The first-order chi connectivity index (χ1) is 20.5. The summed E-state index contributed by atoms with van der Waals surface area (Å²) < 4.78 is 0. The van der Waals surface area contributed by atoms with Crippen molar-refractivity contribution >= 4 is 0 Å². The van der Waals surface area contributed by atoms with Crippen molar-refractivity contribution in [3.63, 3.8) is 0 Å². The lowest BCUT2D eigenvalue weighted by Crippen LogP contribution is -2.19. The minimum Gasteiger partial charge on any atom is -0.264 e. The summed E-state index contributed by atoms with van der Waals surface area (Å²) in [6, 6.07) is 15.3. The van der Waals surface area contributed by atoms with Gasteiger partial charge in [-0.2, -0.15) is 5.26 Å². The Hall–Kier alpha value is -2.92. The zero-order valence-electron chi connectivity index (χ0n) is 33.5. The second-order valence-corrected chi connectivity index (χ2v) is 19.2. The number of aromatic nitrogens is 1. The van der Waals surface area contributed by atoms with Gasteiger partial charge < -0.3 is 0 Å². The number of rotatable bonds is 0. The van der Waals surface area contributed by atoms with Crippen LogP contribution in [0.5, 0.6) is 0 Å². The Morgan fingerprint density at radius 2 is 0.652 bits per heavy atom. The van der Waals surface area contributed by atoms with Gasteiger partial charge in [-0.15, -0.1) is 0 Å². The van der Waals surface area contributed by atoms with Crippen LogP contribution in [0.1, 0.15) is 175 Å². The highest BCUT2D eigenvalue weighted by Gasteiger charge is 2.26. The van der Waals surface area contributed by atoms with Crippen LogP contribution in [0.15, 0.2) is 48.8 Å². The first-order valence-corrected chi connectivity index (χ1v) is 17.1.